The van der Waals surface area contributed by atoms with Crippen LogP contribution in [0.5, 0.6) is 5.75 Å². The molecule has 94 valence electrons. The highest BCUT2D eigenvalue weighted by molar-refractivity contribution is 9.10. The zero-order valence-corrected chi connectivity index (χ0v) is 11.1. The summed E-state index contributed by atoms with van der Waals surface area (Å²) >= 11 is 3.34. The van der Waals surface area contributed by atoms with Gasteiger partial charge in [-0.25, -0.2) is 0 Å². The molecular formula is C12H15BrO4. The fourth-order valence-corrected chi connectivity index (χ4v) is 1.54. The van der Waals surface area contributed by atoms with Crippen molar-refractivity contribution in [3.05, 3.63) is 28.7 Å². The Labute approximate surface area is 109 Å². The number of halogens is 1. The van der Waals surface area contributed by atoms with Crippen LogP contribution in [0.1, 0.15) is 6.92 Å². The second-order valence-electron chi connectivity index (χ2n) is 3.62. The molecule has 17 heavy (non-hydrogen) atoms. The Balaban J connectivity index is 2.39. The molecule has 0 aromatic heterocycles. The van der Waals surface area contributed by atoms with Crippen LogP contribution in [-0.4, -0.2) is 30.9 Å². The fraction of sp³-hybridized carbons (Fsp3) is 0.417. The molecule has 0 aliphatic carbocycles. The Morgan fingerprint density at radius 1 is 1.47 bits per heavy atom. The van der Waals surface area contributed by atoms with Gasteiger partial charge in [0.1, 0.15) is 5.75 Å². The third-order valence-electron chi connectivity index (χ3n) is 2.06. The lowest BCUT2D eigenvalue weighted by molar-refractivity contribution is -0.143. The van der Waals surface area contributed by atoms with Crippen LogP contribution in [0, 0.1) is 5.92 Å². The molecule has 1 N–H and O–H groups in total. The maximum Gasteiger partial charge on any atom is 0.302 e. The van der Waals surface area contributed by atoms with Gasteiger partial charge in [-0.15, -0.1) is 0 Å². The zero-order chi connectivity index (χ0) is 12.7. The van der Waals surface area contributed by atoms with E-state index in [2.05, 4.69) is 15.9 Å². The average Bonchev–Trinajstić information content (AvgIpc) is 2.29. The lowest BCUT2D eigenvalue weighted by Crippen LogP contribution is -2.22. The van der Waals surface area contributed by atoms with Gasteiger partial charge in [-0.3, -0.25) is 4.79 Å². The minimum absolute atomic E-state index is 0.0821. The number of aliphatic hydroxyl groups is 1. The molecule has 0 aliphatic heterocycles. The van der Waals surface area contributed by atoms with Crippen LogP contribution in [-0.2, 0) is 9.53 Å². The van der Waals surface area contributed by atoms with E-state index in [0.29, 0.717) is 12.4 Å². The van der Waals surface area contributed by atoms with E-state index >= 15 is 0 Å². The summed E-state index contributed by atoms with van der Waals surface area (Å²) in [7, 11) is 0. The van der Waals surface area contributed by atoms with E-state index in [1.165, 1.54) is 6.92 Å². The van der Waals surface area contributed by atoms with Crippen molar-refractivity contribution in [2.45, 2.75) is 6.92 Å². The predicted molar refractivity (Wildman–Crippen MR) is 66.8 cm³/mol. The Hall–Kier alpha value is -1.07. The van der Waals surface area contributed by atoms with Crippen molar-refractivity contribution >= 4 is 21.9 Å². The van der Waals surface area contributed by atoms with Gasteiger partial charge in [0.25, 0.3) is 0 Å². The molecule has 0 amide bonds. The topological polar surface area (TPSA) is 55.8 Å². The lowest BCUT2D eigenvalue weighted by atomic mass is 10.2. The first-order valence-electron chi connectivity index (χ1n) is 5.24. The molecule has 0 saturated heterocycles. The molecule has 0 radical (unpaired) electrons. The van der Waals surface area contributed by atoms with Gasteiger partial charge in [-0.05, 0) is 18.2 Å². The Kier molecular flexibility index (Phi) is 6.00. The van der Waals surface area contributed by atoms with E-state index in [0.717, 1.165) is 4.47 Å². The van der Waals surface area contributed by atoms with E-state index in [9.17, 15) is 4.79 Å². The van der Waals surface area contributed by atoms with Crippen molar-refractivity contribution in [1.82, 2.24) is 0 Å². The minimum atomic E-state index is -0.356. The van der Waals surface area contributed by atoms with Crippen LogP contribution in [0.3, 0.4) is 0 Å². The van der Waals surface area contributed by atoms with Gasteiger partial charge in [-0.2, -0.15) is 0 Å². The summed E-state index contributed by atoms with van der Waals surface area (Å²) in [5, 5.41) is 9.09. The van der Waals surface area contributed by atoms with Gasteiger partial charge < -0.3 is 14.6 Å². The van der Waals surface area contributed by atoms with Crippen LogP contribution < -0.4 is 4.74 Å². The Morgan fingerprint density at radius 3 is 2.82 bits per heavy atom. The van der Waals surface area contributed by atoms with Gasteiger partial charge >= 0.3 is 5.97 Å². The van der Waals surface area contributed by atoms with Crippen molar-refractivity contribution in [3.8, 4) is 5.75 Å². The number of esters is 1. The Morgan fingerprint density at radius 2 is 2.24 bits per heavy atom. The molecule has 1 atom stereocenters. The Bertz CT molecular complexity index is 367. The number of benzene rings is 1. The molecule has 0 unspecified atom stereocenters. The van der Waals surface area contributed by atoms with Crippen LogP contribution >= 0.6 is 15.9 Å². The normalized spacial score (nSPS) is 11.9. The largest absolute Gasteiger partial charge is 0.493 e. The fourth-order valence-electron chi connectivity index (χ4n) is 1.16. The summed E-state index contributed by atoms with van der Waals surface area (Å²) in [5.74, 6) is 0.143. The van der Waals surface area contributed by atoms with Gasteiger partial charge in [0.2, 0.25) is 0 Å². The van der Waals surface area contributed by atoms with Crippen molar-refractivity contribution in [1.29, 1.82) is 0 Å². The zero-order valence-electron chi connectivity index (χ0n) is 9.56. The van der Waals surface area contributed by atoms with Gasteiger partial charge in [0.05, 0.1) is 25.7 Å². The predicted octanol–water partition coefficient (Wildman–Crippen LogP) is 2.00. The van der Waals surface area contributed by atoms with Crippen molar-refractivity contribution in [2.24, 2.45) is 5.92 Å². The highest BCUT2D eigenvalue weighted by Gasteiger charge is 2.10. The quantitative estimate of drug-likeness (QED) is 0.817. The maximum absolute atomic E-state index is 10.6. The second-order valence-corrected chi connectivity index (χ2v) is 4.54. The van der Waals surface area contributed by atoms with Gasteiger partial charge in [0, 0.05) is 11.4 Å². The number of aliphatic hydroxyl groups excluding tert-OH is 1. The molecular weight excluding hydrogens is 288 g/mol. The monoisotopic (exact) mass is 302 g/mol. The smallest absolute Gasteiger partial charge is 0.302 e. The van der Waals surface area contributed by atoms with Crippen LogP contribution in [0.4, 0.5) is 0 Å². The van der Waals surface area contributed by atoms with Crippen LogP contribution in [0.25, 0.3) is 0 Å². The summed E-state index contributed by atoms with van der Waals surface area (Å²) in [5.41, 5.74) is 0. The molecule has 0 bridgehead atoms. The van der Waals surface area contributed by atoms with Gasteiger partial charge in [0.15, 0.2) is 0 Å². The molecule has 1 aromatic carbocycles. The molecule has 5 heteroatoms. The minimum Gasteiger partial charge on any atom is -0.493 e. The highest BCUT2D eigenvalue weighted by atomic mass is 79.9. The third-order valence-corrected chi connectivity index (χ3v) is 2.56. The number of hydrogen-bond donors (Lipinski definition) is 1. The first-order valence-corrected chi connectivity index (χ1v) is 6.03. The summed E-state index contributed by atoms with van der Waals surface area (Å²) in [4.78, 5) is 10.6. The molecule has 1 aromatic rings. The number of rotatable bonds is 6. The summed E-state index contributed by atoms with van der Waals surface area (Å²) < 4.78 is 11.2. The maximum atomic E-state index is 10.6. The number of ether oxygens (including phenoxy) is 2. The summed E-state index contributed by atoms with van der Waals surface area (Å²) in [6.07, 6.45) is 0. The summed E-state index contributed by atoms with van der Waals surface area (Å²) in [6.45, 7) is 1.73. The first kappa shape index (κ1) is 14.0. The molecule has 4 nitrogen and oxygen atoms in total. The lowest BCUT2D eigenvalue weighted by Gasteiger charge is -2.15. The number of hydrogen-bond acceptors (Lipinski definition) is 4. The highest BCUT2D eigenvalue weighted by Crippen LogP contribution is 2.18. The van der Waals surface area contributed by atoms with Crippen molar-refractivity contribution in [3.63, 3.8) is 0 Å². The molecule has 0 heterocycles. The van der Waals surface area contributed by atoms with Crippen molar-refractivity contribution < 1.29 is 19.4 Å². The van der Waals surface area contributed by atoms with E-state index in [-0.39, 0.29) is 25.1 Å². The van der Waals surface area contributed by atoms with Crippen LogP contribution in [0.15, 0.2) is 28.7 Å². The van der Waals surface area contributed by atoms with E-state index in [4.69, 9.17) is 14.6 Å². The van der Waals surface area contributed by atoms with E-state index < -0.39 is 0 Å². The molecule has 0 fully saturated rings. The SMILES string of the molecule is CC(=O)OC[C@H](CO)COc1cccc(Br)c1. The van der Waals surface area contributed by atoms with Crippen LogP contribution in [0.2, 0.25) is 0 Å². The third kappa shape index (κ3) is 5.70. The molecule has 0 spiro atoms. The molecule has 0 saturated carbocycles. The second kappa shape index (κ2) is 7.29. The van der Waals surface area contributed by atoms with Gasteiger partial charge in [-0.1, -0.05) is 22.0 Å². The van der Waals surface area contributed by atoms with Crippen molar-refractivity contribution in [2.75, 3.05) is 19.8 Å². The standard InChI is InChI=1S/C12H15BrO4/c1-9(15)16-7-10(6-14)8-17-12-4-2-3-11(13)5-12/h2-5,10,14H,6-8H2,1H3/t10-/m0/s1. The first-order chi connectivity index (χ1) is 8.11. The number of carbonyl (C=O) groups is 1. The number of carbonyl (C=O) groups excluding carboxylic acids is 1. The molecule has 0 aliphatic rings. The average molecular weight is 303 g/mol. The summed E-state index contributed by atoms with van der Waals surface area (Å²) in [6, 6.07) is 7.42. The molecule has 1 rings (SSSR count). The van der Waals surface area contributed by atoms with E-state index in [1.807, 2.05) is 24.3 Å². The van der Waals surface area contributed by atoms with E-state index in [1.54, 1.807) is 0 Å².